The molecule has 1 aliphatic carbocycles. The third-order valence-electron chi connectivity index (χ3n) is 6.82. The number of nitrogens with one attached hydrogen (secondary N) is 2. The third kappa shape index (κ3) is 5.34. The molecular weight excluding hydrogens is 509 g/mol. The number of amides is 1. The fourth-order valence-electron chi connectivity index (χ4n) is 4.97. The lowest BCUT2D eigenvalue weighted by Crippen LogP contribution is -2.29. The standard InChI is InChI=1S/C29H27Cl2N3OS/c1-18(33-34-28(35)17-36-16-20-7-2-4-11-25(20)30)19-13-14-27-24(15-19)21-9-6-10-22(21)29(32-27)23-8-3-5-12-26(23)31/h2-9,11-15,21-22,29,32H,10,16-17H2,1H3,(H,34,35)/b33-18-/t21-,22+,29-/m1/s1. The lowest BCUT2D eigenvalue weighted by atomic mass is 9.76. The van der Waals surface area contributed by atoms with Gasteiger partial charge in [0.05, 0.1) is 17.5 Å². The maximum absolute atomic E-state index is 12.3. The largest absolute Gasteiger partial charge is 0.378 e. The van der Waals surface area contributed by atoms with Gasteiger partial charge < -0.3 is 5.32 Å². The van der Waals surface area contributed by atoms with E-state index in [1.165, 1.54) is 17.3 Å². The average Bonchev–Trinajstić information content (AvgIpc) is 3.39. The molecule has 0 fully saturated rings. The fraction of sp³-hybridized carbons (Fsp3) is 0.241. The summed E-state index contributed by atoms with van der Waals surface area (Å²) in [4.78, 5) is 12.3. The van der Waals surface area contributed by atoms with E-state index < -0.39 is 0 Å². The maximum Gasteiger partial charge on any atom is 0.250 e. The number of anilines is 1. The van der Waals surface area contributed by atoms with E-state index >= 15 is 0 Å². The Hall–Kier alpha value is -2.73. The van der Waals surface area contributed by atoms with Gasteiger partial charge in [0.2, 0.25) is 5.91 Å². The van der Waals surface area contributed by atoms with Gasteiger partial charge in [0.1, 0.15) is 0 Å². The Balaban J connectivity index is 1.26. The molecule has 0 saturated heterocycles. The van der Waals surface area contributed by atoms with Gasteiger partial charge in [-0.15, -0.1) is 11.8 Å². The van der Waals surface area contributed by atoms with Crippen molar-refractivity contribution in [3.8, 4) is 0 Å². The summed E-state index contributed by atoms with van der Waals surface area (Å²) >= 11 is 14.3. The molecule has 3 aromatic carbocycles. The van der Waals surface area contributed by atoms with E-state index in [0.717, 1.165) is 44.6 Å². The highest BCUT2D eigenvalue weighted by Crippen LogP contribution is 2.50. The number of allylic oxidation sites excluding steroid dienone is 2. The number of fused-ring (bicyclic) bond motifs is 3. The van der Waals surface area contributed by atoms with Gasteiger partial charge in [-0.1, -0.05) is 77.8 Å². The molecule has 0 spiro atoms. The van der Waals surface area contributed by atoms with Gasteiger partial charge in [0.15, 0.2) is 0 Å². The van der Waals surface area contributed by atoms with E-state index in [1.54, 1.807) is 0 Å². The summed E-state index contributed by atoms with van der Waals surface area (Å²) in [5.41, 5.74) is 8.99. The van der Waals surface area contributed by atoms with Crippen molar-refractivity contribution < 1.29 is 4.79 Å². The normalized spacial score (nSPS) is 20.4. The number of hydrazone groups is 1. The first-order valence-electron chi connectivity index (χ1n) is 12.0. The van der Waals surface area contributed by atoms with Crippen LogP contribution in [0.2, 0.25) is 10.0 Å². The van der Waals surface area contributed by atoms with Gasteiger partial charge in [-0.2, -0.15) is 5.10 Å². The van der Waals surface area contributed by atoms with E-state index in [2.05, 4.69) is 46.2 Å². The summed E-state index contributed by atoms with van der Waals surface area (Å²) in [6.45, 7) is 1.92. The fourth-order valence-corrected chi connectivity index (χ4v) is 6.33. The van der Waals surface area contributed by atoms with E-state index in [4.69, 9.17) is 23.2 Å². The van der Waals surface area contributed by atoms with Crippen LogP contribution >= 0.6 is 35.0 Å². The van der Waals surface area contributed by atoms with Crippen molar-refractivity contribution in [1.29, 1.82) is 0 Å². The van der Waals surface area contributed by atoms with E-state index in [-0.39, 0.29) is 11.9 Å². The monoisotopic (exact) mass is 535 g/mol. The number of carbonyl (C=O) groups excluding carboxylic acids is 1. The van der Waals surface area contributed by atoms with E-state index in [9.17, 15) is 4.79 Å². The molecule has 3 aromatic rings. The molecule has 0 bridgehead atoms. The summed E-state index contributed by atoms with van der Waals surface area (Å²) in [7, 11) is 0. The number of carbonyl (C=O) groups is 1. The topological polar surface area (TPSA) is 53.5 Å². The zero-order chi connectivity index (χ0) is 25.1. The molecule has 4 nitrogen and oxygen atoms in total. The molecule has 1 heterocycles. The van der Waals surface area contributed by atoms with Crippen LogP contribution in [0.3, 0.4) is 0 Å². The van der Waals surface area contributed by atoms with Crippen molar-refractivity contribution in [3.63, 3.8) is 0 Å². The Bertz CT molecular complexity index is 1340. The van der Waals surface area contributed by atoms with Crippen LogP contribution < -0.4 is 10.7 Å². The molecule has 0 saturated carbocycles. The van der Waals surface area contributed by atoms with Crippen LogP contribution in [0.4, 0.5) is 5.69 Å². The Labute approximate surface area is 226 Å². The minimum Gasteiger partial charge on any atom is -0.378 e. The van der Waals surface area contributed by atoms with Gasteiger partial charge in [0.25, 0.3) is 0 Å². The Kier molecular flexibility index (Phi) is 7.70. The summed E-state index contributed by atoms with van der Waals surface area (Å²) in [5, 5.41) is 9.62. The minimum atomic E-state index is -0.132. The van der Waals surface area contributed by atoms with Gasteiger partial charge in [-0.25, -0.2) is 5.43 Å². The molecule has 0 unspecified atom stereocenters. The Morgan fingerprint density at radius 3 is 2.64 bits per heavy atom. The number of benzene rings is 3. The van der Waals surface area contributed by atoms with Gasteiger partial charge >= 0.3 is 0 Å². The van der Waals surface area contributed by atoms with Crippen LogP contribution in [0.25, 0.3) is 0 Å². The molecule has 1 aliphatic heterocycles. The summed E-state index contributed by atoms with van der Waals surface area (Å²) in [5.74, 6) is 1.57. The molecule has 0 radical (unpaired) electrons. The molecule has 2 N–H and O–H groups in total. The molecule has 184 valence electrons. The lowest BCUT2D eigenvalue weighted by molar-refractivity contribution is -0.118. The van der Waals surface area contributed by atoms with Crippen molar-refractivity contribution >= 4 is 52.3 Å². The smallest absolute Gasteiger partial charge is 0.250 e. The molecule has 7 heteroatoms. The number of halogens is 2. The molecule has 3 atom stereocenters. The predicted octanol–water partition coefficient (Wildman–Crippen LogP) is 7.59. The minimum absolute atomic E-state index is 0.132. The SMILES string of the molecule is C/C(=N/NC(=O)CSCc1ccccc1Cl)c1ccc2c(c1)[C@@H]1C=CC[C@@H]1[C@H](c1ccccc1Cl)N2. The van der Waals surface area contributed by atoms with Crippen molar-refractivity contribution in [1.82, 2.24) is 5.43 Å². The van der Waals surface area contributed by atoms with Gasteiger partial charge in [-0.3, -0.25) is 4.79 Å². The highest BCUT2D eigenvalue weighted by Gasteiger charge is 2.38. The number of thioether (sulfide) groups is 1. The highest BCUT2D eigenvalue weighted by molar-refractivity contribution is 7.99. The van der Waals surface area contributed by atoms with E-state index in [0.29, 0.717) is 23.3 Å². The molecule has 5 rings (SSSR count). The first-order chi connectivity index (χ1) is 17.5. The Morgan fingerprint density at radius 2 is 1.83 bits per heavy atom. The summed E-state index contributed by atoms with van der Waals surface area (Å²) < 4.78 is 0. The van der Waals surface area contributed by atoms with Crippen molar-refractivity contribution in [2.24, 2.45) is 11.0 Å². The average molecular weight is 537 g/mol. The van der Waals surface area contributed by atoms with Crippen LogP contribution in [0.15, 0.2) is 84.0 Å². The molecular formula is C29H27Cl2N3OS. The third-order valence-corrected chi connectivity index (χ3v) is 8.51. The first-order valence-corrected chi connectivity index (χ1v) is 13.9. The molecule has 0 aromatic heterocycles. The van der Waals surface area contributed by atoms with Crippen LogP contribution in [0.5, 0.6) is 0 Å². The van der Waals surface area contributed by atoms with Crippen LogP contribution in [0, 0.1) is 5.92 Å². The number of hydrogen-bond donors (Lipinski definition) is 2. The Morgan fingerprint density at radius 1 is 1.06 bits per heavy atom. The second kappa shape index (κ2) is 11.1. The van der Waals surface area contributed by atoms with Crippen molar-refractivity contribution in [2.45, 2.75) is 31.1 Å². The first kappa shape index (κ1) is 24.9. The van der Waals surface area contributed by atoms with Crippen molar-refractivity contribution in [2.75, 3.05) is 11.1 Å². The molecule has 36 heavy (non-hydrogen) atoms. The summed E-state index contributed by atoms with van der Waals surface area (Å²) in [6.07, 6.45) is 5.58. The molecule has 2 aliphatic rings. The number of rotatable bonds is 7. The van der Waals surface area contributed by atoms with Gasteiger partial charge in [-0.05, 0) is 65.8 Å². The number of nitrogens with zero attached hydrogens (tertiary/aromatic N) is 1. The zero-order valence-electron chi connectivity index (χ0n) is 19.9. The van der Waals surface area contributed by atoms with Crippen LogP contribution in [0.1, 0.15) is 47.6 Å². The van der Waals surface area contributed by atoms with Gasteiger partial charge in [0, 0.05) is 27.4 Å². The highest BCUT2D eigenvalue weighted by atomic mass is 35.5. The maximum atomic E-state index is 12.3. The second-order valence-electron chi connectivity index (χ2n) is 9.12. The second-order valence-corrected chi connectivity index (χ2v) is 10.9. The van der Waals surface area contributed by atoms with E-state index in [1.807, 2.05) is 55.5 Å². The van der Waals surface area contributed by atoms with Crippen LogP contribution in [-0.2, 0) is 10.5 Å². The lowest BCUT2D eigenvalue weighted by Gasteiger charge is -2.38. The number of hydrogen-bond acceptors (Lipinski definition) is 4. The predicted molar refractivity (Wildman–Crippen MR) is 152 cm³/mol. The van der Waals surface area contributed by atoms with Crippen LogP contribution in [-0.4, -0.2) is 17.4 Å². The zero-order valence-corrected chi connectivity index (χ0v) is 22.2. The molecule has 1 amide bonds. The van der Waals surface area contributed by atoms with Crippen molar-refractivity contribution in [3.05, 3.63) is 111 Å². The quantitative estimate of drug-likeness (QED) is 0.186. The summed E-state index contributed by atoms with van der Waals surface area (Å²) in [6, 6.07) is 22.3.